The van der Waals surface area contributed by atoms with E-state index in [0.717, 1.165) is 12.3 Å². The summed E-state index contributed by atoms with van der Waals surface area (Å²) in [6.07, 6.45) is 4.94. The Morgan fingerprint density at radius 3 is 2.38 bits per heavy atom. The zero-order valence-corrected chi connectivity index (χ0v) is 10.4. The van der Waals surface area contributed by atoms with Crippen molar-refractivity contribution in [3.63, 3.8) is 0 Å². The average Bonchev–Trinajstić information content (AvgIpc) is 3.11. The Bertz CT molecular complexity index is 327. The van der Waals surface area contributed by atoms with Crippen molar-refractivity contribution >= 4 is 0 Å². The Labute approximate surface area is 99.0 Å². The summed E-state index contributed by atoms with van der Waals surface area (Å²) in [6, 6.07) is 11.2. The monoisotopic (exact) mass is 217 g/mol. The van der Waals surface area contributed by atoms with Gasteiger partial charge in [-0.3, -0.25) is 0 Å². The Morgan fingerprint density at radius 1 is 1.25 bits per heavy atom. The van der Waals surface area contributed by atoms with Gasteiger partial charge in [0.2, 0.25) is 0 Å². The van der Waals surface area contributed by atoms with E-state index in [4.69, 9.17) is 5.73 Å². The Hall–Kier alpha value is -0.820. The van der Waals surface area contributed by atoms with Gasteiger partial charge < -0.3 is 5.73 Å². The molecule has 1 aliphatic rings. The maximum Gasteiger partial charge on any atom is 0.0139 e. The van der Waals surface area contributed by atoms with Crippen LogP contribution in [0.5, 0.6) is 0 Å². The van der Waals surface area contributed by atoms with Gasteiger partial charge in [0.15, 0.2) is 0 Å². The first-order valence-electron chi connectivity index (χ1n) is 6.50. The van der Waals surface area contributed by atoms with Gasteiger partial charge in [-0.05, 0) is 30.7 Å². The van der Waals surface area contributed by atoms with Crippen LogP contribution >= 0.6 is 0 Å². The molecule has 0 radical (unpaired) electrons. The minimum Gasteiger partial charge on any atom is -0.327 e. The molecule has 1 heteroatoms. The lowest BCUT2D eigenvalue weighted by molar-refractivity contribution is 0.394. The SMILES string of the molecule is CCC(C)CC(N)C1(c2ccccc2)CC1. The van der Waals surface area contributed by atoms with E-state index in [0.29, 0.717) is 11.5 Å². The van der Waals surface area contributed by atoms with Crippen molar-refractivity contribution in [3.05, 3.63) is 35.9 Å². The number of benzene rings is 1. The van der Waals surface area contributed by atoms with Gasteiger partial charge in [-0.15, -0.1) is 0 Å². The summed E-state index contributed by atoms with van der Waals surface area (Å²) < 4.78 is 0. The van der Waals surface area contributed by atoms with E-state index in [9.17, 15) is 0 Å². The molecule has 0 saturated heterocycles. The van der Waals surface area contributed by atoms with Crippen LogP contribution in [0.15, 0.2) is 30.3 Å². The smallest absolute Gasteiger partial charge is 0.0139 e. The lowest BCUT2D eigenvalue weighted by Crippen LogP contribution is -2.36. The molecule has 0 bridgehead atoms. The van der Waals surface area contributed by atoms with Crippen LogP contribution in [0.25, 0.3) is 0 Å². The van der Waals surface area contributed by atoms with Crippen LogP contribution < -0.4 is 5.73 Å². The molecule has 1 fully saturated rings. The number of nitrogens with two attached hydrogens (primary N) is 1. The molecular weight excluding hydrogens is 194 g/mol. The third-order valence-corrected chi connectivity index (χ3v) is 4.20. The van der Waals surface area contributed by atoms with E-state index < -0.39 is 0 Å². The standard InChI is InChI=1S/C15H23N/c1-3-12(2)11-14(16)15(9-10-15)13-7-5-4-6-8-13/h4-8,12,14H,3,9-11,16H2,1-2H3. The van der Waals surface area contributed by atoms with E-state index in [2.05, 4.69) is 44.2 Å². The van der Waals surface area contributed by atoms with Crippen LogP contribution in [-0.4, -0.2) is 6.04 Å². The quantitative estimate of drug-likeness (QED) is 0.803. The van der Waals surface area contributed by atoms with Gasteiger partial charge in [0.05, 0.1) is 0 Å². The first-order chi connectivity index (χ1) is 7.69. The summed E-state index contributed by atoms with van der Waals surface area (Å²) in [5.41, 5.74) is 8.18. The molecule has 1 nitrogen and oxygen atoms in total. The summed E-state index contributed by atoms with van der Waals surface area (Å²) in [6.45, 7) is 4.56. The third kappa shape index (κ3) is 2.15. The van der Waals surface area contributed by atoms with Gasteiger partial charge in [0.25, 0.3) is 0 Å². The molecule has 88 valence electrons. The van der Waals surface area contributed by atoms with Crippen molar-refractivity contribution in [2.45, 2.75) is 51.0 Å². The van der Waals surface area contributed by atoms with Crippen LogP contribution in [0.4, 0.5) is 0 Å². The van der Waals surface area contributed by atoms with Crippen LogP contribution in [0, 0.1) is 5.92 Å². The topological polar surface area (TPSA) is 26.0 Å². The lowest BCUT2D eigenvalue weighted by Gasteiger charge is -2.26. The van der Waals surface area contributed by atoms with Crippen molar-refractivity contribution in [2.24, 2.45) is 11.7 Å². The highest BCUT2D eigenvalue weighted by Crippen LogP contribution is 2.51. The molecule has 1 aromatic carbocycles. The number of hydrogen-bond donors (Lipinski definition) is 1. The summed E-state index contributed by atoms with van der Waals surface area (Å²) >= 11 is 0. The maximum absolute atomic E-state index is 6.42. The molecule has 2 atom stereocenters. The Balaban J connectivity index is 2.08. The fourth-order valence-corrected chi connectivity index (χ4v) is 2.60. The molecule has 0 spiro atoms. The fraction of sp³-hybridized carbons (Fsp3) is 0.600. The molecule has 2 rings (SSSR count). The highest BCUT2D eigenvalue weighted by Gasteiger charge is 2.48. The largest absolute Gasteiger partial charge is 0.327 e. The van der Waals surface area contributed by atoms with Crippen LogP contribution in [0.2, 0.25) is 0 Å². The van der Waals surface area contributed by atoms with Gasteiger partial charge in [-0.2, -0.15) is 0 Å². The van der Waals surface area contributed by atoms with E-state index in [1.54, 1.807) is 0 Å². The number of hydrogen-bond acceptors (Lipinski definition) is 1. The van der Waals surface area contributed by atoms with E-state index in [-0.39, 0.29) is 0 Å². The summed E-state index contributed by atoms with van der Waals surface area (Å²) in [4.78, 5) is 0. The summed E-state index contributed by atoms with van der Waals surface area (Å²) in [7, 11) is 0. The molecule has 2 unspecified atom stereocenters. The van der Waals surface area contributed by atoms with Gasteiger partial charge >= 0.3 is 0 Å². The molecule has 0 heterocycles. The minimum atomic E-state index is 0.310. The maximum atomic E-state index is 6.42. The van der Waals surface area contributed by atoms with Gasteiger partial charge in [-0.25, -0.2) is 0 Å². The van der Waals surface area contributed by atoms with E-state index in [1.165, 1.54) is 24.8 Å². The molecule has 1 aromatic rings. The van der Waals surface area contributed by atoms with Crippen molar-refractivity contribution in [2.75, 3.05) is 0 Å². The zero-order chi connectivity index (χ0) is 11.6. The minimum absolute atomic E-state index is 0.310. The first kappa shape index (κ1) is 11.7. The van der Waals surface area contributed by atoms with Crippen LogP contribution in [-0.2, 0) is 5.41 Å². The van der Waals surface area contributed by atoms with E-state index >= 15 is 0 Å². The lowest BCUT2D eigenvalue weighted by atomic mass is 9.83. The van der Waals surface area contributed by atoms with Gasteiger partial charge in [0.1, 0.15) is 0 Å². The zero-order valence-electron chi connectivity index (χ0n) is 10.4. The Morgan fingerprint density at radius 2 is 1.88 bits per heavy atom. The molecule has 1 saturated carbocycles. The van der Waals surface area contributed by atoms with Crippen LogP contribution in [0.3, 0.4) is 0 Å². The average molecular weight is 217 g/mol. The van der Waals surface area contributed by atoms with Crippen molar-refractivity contribution in [3.8, 4) is 0 Å². The van der Waals surface area contributed by atoms with Crippen LogP contribution in [0.1, 0.15) is 45.1 Å². The van der Waals surface area contributed by atoms with Crippen molar-refractivity contribution < 1.29 is 0 Å². The predicted octanol–water partition coefficient (Wildman–Crippen LogP) is 3.48. The van der Waals surface area contributed by atoms with Crippen molar-refractivity contribution in [1.29, 1.82) is 0 Å². The second-order valence-electron chi connectivity index (χ2n) is 5.38. The van der Waals surface area contributed by atoms with Gasteiger partial charge in [0, 0.05) is 11.5 Å². The van der Waals surface area contributed by atoms with E-state index in [1.807, 2.05) is 0 Å². The molecule has 0 aromatic heterocycles. The molecule has 0 amide bonds. The normalized spacial score (nSPS) is 21.4. The molecular formula is C15H23N. The highest BCUT2D eigenvalue weighted by atomic mass is 14.7. The third-order valence-electron chi connectivity index (χ3n) is 4.20. The second kappa shape index (κ2) is 4.58. The molecule has 1 aliphatic carbocycles. The summed E-state index contributed by atoms with van der Waals surface area (Å²) in [5.74, 6) is 0.746. The molecule has 0 aliphatic heterocycles. The first-order valence-corrected chi connectivity index (χ1v) is 6.50. The molecule has 2 N–H and O–H groups in total. The van der Waals surface area contributed by atoms with Crippen molar-refractivity contribution in [1.82, 2.24) is 0 Å². The summed E-state index contributed by atoms with van der Waals surface area (Å²) in [5, 5.41) is 0. The Kier molecular flexibility index (Phi) is 3.34. The number of rotatable bonds is 5. The fourth-order valence-electron chi connectivity index (χ4n) is 2.60. The molecule has 16 heavy (non-hydrogen) atoms. The second-order valence-corrected chi connectivity index (χ2v) is 5.38. The highest BCUT2D eigenvalue weighted by molar-refractivity contribution is 5.33. The van der Waals surface area contributed by atoms with Gasteiger partial charge in [-0.1, -0.05) is 50.6 Å². The predicted molar refractivity (Wildman–Crippen MR) is 69.4 cm³/mol.